The Morgan fingerprint density at radius 3 is 2.61 bits per heavy atom. The van der Waals surface area contributed by atoms with Gasteiger partial charge in [0.1, 0.15) is 19.1 Å². The lowest BCUT2D eigenvalue weighted by atomic mass is 10.0. The summed E-state index contributed by atoms with van der Waals surface area (Å²) in [6, 6.07) is 12.4. The van der Waals surface area contributed by atoms with Crippen LogP contribution in [0.15, 0.2) is 42.5 Å². The predicted molar refractivity (Wildman–Crippen MR) is 106 cm³/mol. The van der Waals surface area contributed by atoms with Crippen LogP contribution in [0, 0.1) is 5.92 Å². The van der Waals surface area contributed by atoms with Crippen molar-refractivity contribution in [1.29, 1.82) is 0 Å². The zero-order chi connectivity index (χ0) is 19.7. The maximum atomic E-state index is 12.7. The number of halogens is 1. The SMILES string of the molecule is CC(NC(=O)C1CCN(c2ccc(Cl)cc2)C1=O)c1ccc2c(c1)OCCO2. The van der Waals surface area contributed by atoms with Gasteiger partial charge < -0.3 is 19.7 Å². The molecular formula is C21H21ClN2O4. The summed E-state index contributed by atoms with van der Waals surface area (Å²) in [4.78, 5) is 27.1. The number of rotatable bonds is 4. The molecule has 28 heavy (non-hydrogen) atoms. The minimum atomic E-state index is -0.685. The van der Waals surface area contributed by atoms with Crippen LogP contribution in [0.25, 0.3) is 0 Å². The summed E-state index contributed by atoms with van der Waals surface area (Å²) >= 11 is 5.91. The largest absolute Gasteiger partial charge is 0.486 e. The number of fused-ring (bicyclic) bond motifs is 1. The predicted octanol–water partition coefficient (Wildman–Crippen LogP) is 3.34. The van der Waals surface area contributed by atoms with Gasteiger partial charge in [0, 0.05) is 17.3 Å². The van der Waals surface area contributed by atoms with Gasteiger partial charge in [-0.2, -0.15) is 0 Å². The molecule has 1 saturated heterocycles. The van der Waals surface area contributed by atoms with E-state index in [4.69, 9.17) is 21.1 Å². The van der Waals surface area contributed by atoms with E-state index in [9.17, 15) is 9.59 Å². The van der Waals surface area contributed by atoms with Crippen molar-refractivity contribution in [2.24, 2.45) is 5.92 Å². The van der Waals surface area contributed by atoms with Gasteiger partial charge in [0.25, 0.3) is 0 Å². The first kappa shape index (κ1) is 18.6. The zero-order valence-corrected chi connectivity index (χ0v) is 16.2. The van der Waals surface area contributed by atoms with Crippen molar-refractivity contribution < 1.29 is 19.1 Å². The lowest BCUT2D eigenvalue weighted by molar-refractivity contribution is -0.132. The number of carbonyl (C=O) groups excluding carboxylic acids is 2. The summed E-state index contributed by atoms with van der Waals surface area (Å²) in [6.07, 6.45) is 0.487. The number of hydrogen-bond donors (Lipinski definition) is 1. The lowest BCUT2D eigenvalue weighted by Crippen LogP contribution is -2.38. The summed E-state index contributed by atoms with van der Waals surface area (Å²) in [7, 11) is 0. The molecule has 0 bridgehead atoms. The molecule has 7 heteroatoms. The van der Waals surface area contributed by atoms with Crippen molar-refractivity contribution in [3.05, 3.63) is 53.1 Å². The molecule has 0 saturated carbocycles. The number of carbonyl (C=O) groups is 2. The Hall–Kier alpha value is -2.73. The Morgan fingerprint density at radius 1 is 1.14 bits per heavy atom. The fraction of sp³-hybridized carbons (Fsp3) is 0.333. The van der Waals surface area contributed by atoms with Crippen LogP contribution in [0.2, 0.25) is 5.02 Å². The molecule has 0 aromatic heterocycles. The van der Waals surface area contributed by atoms with Crippen LogP contribution >= 0.6 is 11.6 Å². The average molecular weight is 401 g/mol. The van der Waals surface area contributed by atoms with Crippen LogP contribution in [0.5, 0.6) is 11.5 Å². The number of anilines is 1. The molecule has 146 valence electrons. The van der Waals surface area contributed by atoms with Crippen molar-refractivity contribution in [3.8, 4) is 11.5 Å². The van der Waals surface area contributed by atoms with Gasteiger partial charge in [0.15, 0.2) is 11.5 Å². The molecule has 0 aliphatic carbocycles. The van der Waals surface area contributed by atoms with Crippen LogP contribution in [0.4, 0.5) is 5.69 Å². The van der Waals surface area contributed by atoms with E-state index in [2.05, 4.69) is 5.32 Å². The minimum Gasteiger partial charge on any atom is -0.486 e. The quantitative estimate of drug-likeness (QED) is 0.799. The highest BCUT2D eigenvalue weighted by Gasteiger charge is 2.38. The van der Waals surface area contributed by atoms with Gasteiger partial charge in [-0.05, 0) is 55.3 Å². The van der Waals surface area contributed by atoms with E-state index >= 15 is 0 Å². The highest BCUT2D eigenvalue weighted by Crippen LogP contribution is 2.33. The summed E-state index contributed by atoms with van der Waals surface area (Å²) in [5.74, 6) is 0.252. The molecule has 2 aromatic rings. The second-order valence-electron chi connectivity index (χ2n) is 6.94. The summed E-state index contributed by atoms with van der Waals surface area (Å²) in [5, 5.41) is 3.56. The number of nitrogens with one attached hydrogen (secondary N) is 1. The first-order chi connectivity index (χ1) is 13.5. The van der Waals surface area contributed by atoms with Crippen molar-refractivity contribution in [3.63, 3.8) is 0 Å². The topological polar surface area (TPSA) is 67.9 Å². The van der Waals surface area contributed by atoms with E-state index < -0.39 is 5.92 Å². The molecule has 2 aromatic carbocycles. The third-order valence-electron chi connectivity index (χ3n) is 5.09. The molecule has 0 radical (unpaired) electrons. The Balaban J connectivity index is 1.42. The molecule has 0 spiro atoms. The second-order valence-corrected chi connectivity index (χ2v) is 7.38. The van der Waals surface area contributed by atoms with E-state index in [-0.39, 0.29) is 17.9 Å². The van der Waals surface area contributed by atoms with E-state index in [0.29, 0.717) is 42.7 Å². The smallest absolute Gasteiger partial charge is 0.239 e. The summed E-state index contributed by atoms with van der Waals surface area (Å²) in [5.41, 5.74) is 1.65. The van der Waals surface area contributed by atoms with Gasteiger partial charge in [-0.25, -0.2) is 0 Å². The van der Waals surface area contributed by atoms with Gasteiger partial charge >= 0.3 is 0 Å². The van der Waals surface area contributed by atoms with E-state index in [1.165, 1.54) is 0 Å². The molecule has 4 rings (SSSR count). The van der Waals surface area contributed by atoms with Crippen molar-refractivity contribution >= 4 is 29.1 Å². The van der Waals surface area contributed by atoms with Gasteiger partial charge in [0.05, 0.1) is 6.04 Å². The van der Waals surface area contributed by atoms with Crippen LogP contribution in [-0.4, -0.2) is 31.6 Å². The molecule has 1 N–H and O–H groups in total. The standard InChI is InChI=1S/C21H21ClN2O4/c1-13(14-2-7-18-19(12-14)28-11-10-27-18)23-20(25)17-8-9-24(21(17)26)16-5-3-15(22)4-6-16/h2-7,12-13,17H,8-11H2,1H3,(H,23,25). The molecule has 1 fully saturated rings. The van der Waals surface area contributed by atoms with Crippen LogP contribution < -0.4 is 19.7 Å². The molecule has 2 aliphatic heterocycles. The molecule has 6 nitrogen and oxygen atoms in total. The van der Waals surface area contributed by atoms with Gasteiger partial charge in [-0.15, -0.1) is 0 Å². The van der Waals surface area contributed by atoms with Crippen LogP contribution in [-0.2, 0) is 9.59 Å². The number of ether oxygens (including phenoxy) is 2. The van der Waals surface area contributed by atoms with Gasteiger partial charge in [-0.1, -0.05) is 17.7 Å². The Bertz CT molecular complexity index is 900. The minimum absolute atomic E-state index is 0.186. The third-order valence-corrected chi connectivity index (χ3v) is 5.34. The van der Waals surface area contributed by atoms with Crippen LogP contribution in [0.1, 0.15) is 24.9 Å². The molecule has 2 aliphatic rings. The maximum absolute atomic E-state index is 12.7. The summed E-state index contributed by atoms with van der Waals surface area (Å²) < 4.78 is 11.1. The number of amides is 2. The highest BCUT2D eigenvalue weighted by molar-refractivity contribution is 6.30. The Labute approximate surface area is 168 Å². The average Bonchev–Trinajstić information content (AvgIpc) is 3.09. The first-order valence-electron chi connectivity index (χ1n) is 9.30. The van der Waals surface area contributed by atoms with E-state index in [0.717, 1.165) is 11.3 Å². The van der Waals surface area contributed by atoms with Crippen LogP contribution in [0.3, 0.4) is 0 Å². The van der Waals surface area contributed by atoms with Crippen molar-refractivity contribution in [2.45, 2.75) is 19.4 Å². The first-order valence-corrected chi connectivity index (χ1v) is 9.67. The third kappa shape index (κ3) is 3.64. The maximum Gasteiger partial charge on any atom is 0.239 e. The van der Waals surface area contributed by atoms with Gasteiger partial charge in [-0.3, -0.25) is 9.59 Å². The number of nitrogens with zero attached hydrogens (tertiary/aromatic N) is 1. The molecule has 2 amide bonds. The van der Waals surface area contributed by atoms with Gasteiger partial charge in [0.2, 0.25) is 11.8 Å². The second kappa shape index (κ2) is 7.72. The molecular weight excluding hydrogens is 380 g/mol. The summed E-state index contributed by atoms with van der Waals surface area (Å²) in [6.45, 7) is 3.44. The lowest BCUT2D eigenvalue weighted by Gasteiger charge is -2.22. The monoisotopic (exact) mass is 400 g/mol. The zero-order valence-electron chi connectivity index (χ0n) is 15.5. The van der Waals surface area contributed by atoms with Crippen molar-refractivity contribution in [2.75, 3.05) is 24.7 Å². The normalized spacial score (nSPS) is 19.4. The number of benzene rings is 2. The number of hydrogen-bond acceptors (Lipinski definition) is 4. The molecule has 2 atom stereocenters. The molecule has 2 heterocycles. The fourth-order valence-electron chi connectivity index (χ4n) is 3.53. The van der Waals surface area contributed by atoms with E-state index in [1.54, 1.807) is 29.2 Å². The van der Waals surface area contributed by atoms with Crippen molar-refractivity contribution in [1.82, 2.24) is 5.32 Å². The molecule has 2 unspecified atom stereocenters. The highest BCUT2D eigenvalue weighted by atomic mass is 35.5. The Kier molecular flexibility index (Phi) is 5.13. The van der Waals surface area contributed by atoms with E-state index in [1.807, 2.05) is 25.1 Å². The fourth-order valence-corrected chi connectivity index (χ4v) is 3.65. The Morgan fingerprint density at radius 2 is 1.86 bits per heavy atom.